The summed E-state index contributed by atoms with van der Waals surface area (Å²) >= 11 is 1.73. The quantitative estimate of drug-likeness (QED) is 0.872. The van der Waals surface area contributed by atoms with E-state index in [1.165, 1.54) is 0 Å². The van der Waals surface area contributed by atoms with Gasteiger partial charge in [-0.15, -0.1) is 0 Å². The minimum atomic E-state index is -0.0941. The zero-order valence-electron chi connectivity index (χ0n) is 12.0. The highest BCUT2D eigenvalue weighted by atomic mass is 32.2. The summed E-state index contributed by atoms with van der Waals surface area (Å²) in [5.41, 5.74) is 7.63. The number of anilines is 1. The van der Waals surface area contributed by atoms with Crippen LogP contribution in [0, 0.1) is 0 Å². The summed E-state index contributed by atoms with van der Waals surface area (Å²) in [7, 11) is 1.81. The number of hydrogen-bond acceptors (Lipinski definition) is 3. The summed E-state index contributed by atoms with van der Waals surface area (Å²) in [6, 6.07) is 7.71. The summed E-state index contributed by atoms with van der Waals surface area (Å²) in [6.07, 6.45) is 2.04. The number of thioether (sulfide) groups is 1. The minimum Gasteiger partial charge on any atom is -0.324 e. The molecule has 19 heavy (non-hydrogen) atoms. The Labute approximate surface area is 119 Å². The largest absolute Gasteiger partial charge is 0.324 e. The van der Waals surface area contributed by atoms with E-state index >= 15 is 0 Å². The Bertz CT molecular complexity index is 423. The van der Waals surface area contributed by atoms with Crippen molar-refractivity contribution in [3.8, 4) is 0 Å². The second kappa shape index (κ2) is 7.40. The van der Waals surface area contributed by atoms with Gasteiger partial charge in [0.1, 0.15) is 0 Å². The Morgan fingerprint density at radius 1 is 1.47 bits per heavy atom. The van der Waals surface area contributed by atoms with Crippen molar-refractivity contribution < 1.29 is 4.79 Å². The molecule has 0 bridgehead atoms. The highest BCUT2D eigenvalue weighted by molar-refractivity contribution is 7.98. The van der Waals surface area contributed by atoms with Crippen molar-refractivity contribution in [2.75, 3.05) is 24.4 Å². The van der Waals surface area contributed by atoms with Crippen LogP contribution in [0.25, 0.3) is 0 Å². The van der Waals surface area contributed by atoms with Gasteiger partial charge in [0.15, 0.2) is 0 Å². The van der Waals surface area contributed by atoms with Crippen LogP contribution >= 0.6 is 11.8 Å². The number of amides is 2. The smallest absolute Gasteiger partial charge is 0.321 e. The zero-order chi connectivity index (χ0) is 14.4. The fourth-order valence-corrected chi connectivity index (χ4v) is 2.37. The van der Waals surface area contributed by atoms with E-state index in [2.05, 4.69) is 5.32 Å². The Morgan fingerprint density at radius 2 is 2.16 bits per heavy atom. The van der Waals surface area contributed by atoms with Gasteiger partial charge in [-0.3, -0.25) is 0 Å². The van der Waals surface area contributed by atoms with Gasteiger partial charge >= 0.3 is 6.03 Å². The summed E-state index contributed by atoms with van der Waals surface area (Å²) in [5, 5.41) is 2.90. The maximum absolute atomic E-state index is 12.1. The van der Waals surface area contributed by atoms with Gasteiger partial charge in [-0.25, -0.2) is 4.79 Å². The first-order valence-corrected chi connectivity index (χ1v) is 7.73. The molecule has 2 atom stereocenters. The second-order valence-electron chi connectivity index (χ2n) is 4.76. The third-order valence-corrected chi connectivity index (χ3v) is 3.87. The molecule has 1 aromatic carbocycles. The van der Waals surface area contributed by atoms with E-state index in [4.69, 9.17) is 5.73 Å². The van der Waals surface area contributed by atoms with Crippen molar-refractivity contribution in [1.29, 1.82) is 0 Å². The Hall–Kier alpha value is -1.20. The lowest BCUT2D eigenvalue weighted by molar-refractivity contribution is 0.212. The predicted molar refractivity (Wildman–Crippen MR) is 83.7 cm³/mol. The summed E-state index contributed by atoms with van der Waals surface area (Å²) in [5.74, 6) is 0.920. The molecule has 0 saturated heterocycles. The standard InChI is InChI=1S/C14H23N3OS/c1-10(9-19-4)17(3)14(18)16-13-7-5-6-12(8-13)11(2)15/h5-8,10-11H,9,15H2,1-4H3,(H,16,18). The molecule has 0 saturated carbocycles. The Morgan fingerprint density at radius 3 is 2.74 bits per heavy atom. The minimum absolute atomic E-state index is 0.0370. The number of nitrogens with one attached hydrogen (secondary N) is 1. The van der Waals surface area contributed by atoms with Crippen LogP contribution in [0.3, 0.4) is 0 Å². The molecule has 0 heterocycles. The zero-order valence-corrected chi connectivity index (χ0v) is 12.8. The molecule has 2 unspecified atom stereocenters. The van der Waals surface area contributed by atoms with Gasteiger partial charge in [0.25, 0.3) is 0 Å². The molecule has 106 valence electrons. The van der Waals surface area contributed by atoms with Crippen molar-refractivity contribution in [3.63, 3.8) is 0 Å². The van der Waals surface area contributed by atoms with Gasteiger partial charge in [-0.1, -0.05) is 12.1 Å². The van der Waals surface area contributed by atoms with Gasteiger partial charge in [0, 0.05) is 30.6 Å². The fourth-order valence-electron chi connectivity index (χ4n) is 1.66. The van der Waals surface area contributed by atoms with Crippen molar-refractivity contribution in [2.45, 2.75) is 25.9 Å². The van der Waals surface area contributed by atoms with E-state index < -0.39 is 0 Å². The van der Waals surface area contributed by atoms with Crippen molar-refractivity contribution in [1.82, 2.24) is 4.90 Å². The molecule has 0 aliphatic carbocycles. The Kier molecular flexibility index (Phi) is 6.18. The predicted octanol–water partition coefficient (Wildman–Crippen LogP) is 2.92. The first-order valence-electron chi connectivity index (χ1n) is 6.34. The van der Waals surface area contributed by atoms with Crippen LogP contribution in [0.15, 0.2) is 24.3 Å². The first kappa shape index (κ1) is 15.9. The number of rotatable bonds is 5. The topological polar surface area (TPSA) is 58.4 Å². The highest BCUT2D eigenvalue weighted by Gasteiger charge is 2.15. The van der Waals surface area contributed by atoms with Gasteiger partial charge in [-0.2, -0.15) is 11.8 Å². The molecule has 0 aromatic heterocycles. The maximum Gasteiger partial charge on any atom is 0.321 e. The molecule has 0 fully saturated rings. The van der Waals surface area contributed by atoms with Gasteiger partial charge in [0.2, 0.25) is 0 Å². The highest BCUT2D eigenvalue weighted by Crippen LogP contribution is 2.16. The van der Waals surface area contributed by atoms with E-state index in [-0.39, 0.29) is 18.1 Å². The average molecular weight is 281 g/mol. The molecular formula is C14H23N3OS. The fraction of sp³-hybridized carbons (Fsp3) is 0.500. The molecule has 0 radical (unpaired) electrons. The van der Waals surface area contributed by atoms with E-state index in [0.717, 1.165) is 17.0 Å². The summed E-state index contributed by atoms with van der Waals surface area (Å²) in [4.78, 5) is 13.8. The summed E-state index contributed by atoms with van der Waals surface area (Å²) in [6.45, 7) is 3.96. The molecule has 1 rings (SSSR count). The molecule has 0 aliphatic heterocycles. The Balaban J connectivity index is 2.68. The number of nitrogens with zero attached hydrogens (tertiary/aromatic N) is 1. The van der Waals surface area contributed by atoms with E-state index in [9.17, 15) is 4.79 Å². The molecule has 3 N–H and O–H groups in total. The van der Waals surface area contributed by atoms with Gasteiger partial charge in [-0.05, 0) is 37.8 Å². The van der Waals surface area contributed by atoms with Crippen LogP contribution in [0.1, 0.15) is 25.5 Å². The van der Waals surface area contributed by atoms with Crippen molar-refractivity contribution >= 4 is 23.5 Å². The summed E-state index contributed by atoms with van der Waals surface area (Å²) < 4.78 is 0. The van der Waals surface area contributed by atoms with Crippen LogP contribution in [-0.2, 0) is 0 Å². The SMILES string of the molecule is CSCC(C)N(C)C(=O)Nc1cccc(C(C)N)c1. The van der Waals surface area contributed by atoms with Crippen LogP contribution < -0.4 is 11.1 Å². The van der Waals surface area contributed by atoms with Gasteiger partial charge < -0.3 is 16.0 Å². The van der Waals surface area contributed by atoms with Crippen LogP contribution in [0.5, 0.6) is 0 Å². The third kappa shape index (κ3) is 4.76. The molecule has 1 aromatic rings. The third-order valence-electron chi connectivity index (χ3n) is 3.05. The lowest BCUT2D eigenvalue weighted by Crippen LogP contribution is -2.39. The van der Waals surface area contributed by atoms with E-state index in [1.807, 2.05) is 51.4 Å². The number of benzene rings is 1. The number of nitrogens with two attached hydrogens (primary N) is 1. The maximum atomic E-state index is 12.1. The number of carbonyl (C=O) groups is 1. The lowest BCUT2D eigenvalue weighted by atomic mass is 10.1. The van der Waals surface area contributed by atoms with Crippen molar-refractivity contribution in [2.24, 2.45) is 5.73 Å². The van der Waals surface area contributed by atoms with Crippen LogP contribution in [0.2, 0.25) is 0 Å². The number of carbonyl (C=O) groups excluding carboxylic acids is 1. The van der Waals surface area contributed by atoms with E-state index in [1.54, 1.807) is 16.7 Å². The normalized spacial score (nSPS) is 13.7. The number of hydrogen-bond donors (Lipinski definition) is 2. The average Bonchev–Trinajstić information content (AvgIpc) is 2.38. The van der Waals surface area contributed by atoms with Crippen molar-refractivity contribution in [3.05, 3.63) is 29.8 Å². The van der Waals surface area contributed by atoms with Gasteiger partial charge in [0.05, 0.1) is 0 Å². The molecule has 5 heteroatoms. The molecular weight excluding hydrogens is 258 g/mol. The molecule has 2 amide bonds. The number of urea groups is 1. The molecule has 0 spiro atoms. The van der Waals surface area contributed by atoms with Crippen LogP contribution in [0.4, 0.5) is 10.5 Å². The van der Waals surface area contributed by atoms with E-state index in [0.29, 0.717) is 0 Å². The second-order valence-corrected chi connectivity index (χ2v) is 5.67. The van der Waals surface area contributed by atoms with Crippen LogP contribution in [-0.4, -0.2) is 36.0 Å². The lowest BCUT2D eigenvalue weighted by Gasteiger charge is -2.24. The molecule has 0 aliphatic rings. The monoisotopic (exact) mass is 281 g/mol. The molecule has 4 nitrogen and oxygen atoms in total. The first-order chi connectivity index (χ1) is 8.95.